The number of aliphatic hydroxyl groups is 3. The third-order valence-electron chi connectivity index (χ3n) is 14.0. The average Bonchev–Trinajstić information content (AvgIpc) is 3.32. The van der Waals surface area contributed by atoms with E-state index in [2.05, 4.69) is 43.5 Å². The highest BCUT2D eigenvalue weighted by Crippen LogP contribution is 2.18. The lowest BCUT2D eigenvalue weighted by Gasteiger charge is -2.21. The lowest BCUT2D eigenvalue weighted by molar-refractivity contribution is -0.131. The molecule has 0 spiro atoms. The smallest absolute Gasteiger partial charge is 0.249 e. The number of aliphatic hydroxyl groups excluding tert-OH is 3. The molecule has 0 saturated heterocycles. The first-order chi connectivity index (χ1) is 32.6. The maximum atomic E-state index is 12.6. The molecule has 5 nitrogen and oxygen atoms in total. The van der Waals surface area contributed by atoms with Crippen molar-refractivity contribution in [2.45, 2.75) is 340 Å². The van der Waals surface area contributed by atoms with E-state index in [0.29, 0.717) is 6.42 Å². The quantitative estimate of drug-likeness (QED) is 0.0361. The minimum atomic E-state index is -1.11. The molecule has 0 fully saturated rings. The van der Waals surface area contributed by atoms with Crippen LogP contribution in [0.5, 0.6) is 0 Å². The summed E-state index contributed by atoms with van der Waals surface area (Å²) in [4.78, 5) is 12.6. The van der Waals surface area contributed by atoms with Crippen LogP contribution in [0.15, 0.2) is 36.5 Å². The molecule has 0 aliphatic heterocycles. The summed E-state index contributed by atoms with van der Waals surface area (Å²) in [5, 5.41) is 33.4. The molecule has 390 valence electrons. The largest absolute Gasteiger partial charge is 0.394 e. The Labute approximate surface area is 413 Å². The second-order valence-electron chi connectivity index (χ2n) is 20.5. The Morgan fingerprint density at radius 1 is 0.364 bits per heavy atom. The van der Waals surface area contributed by atoms with E-state index in [1.54, 1.807) is 6.08 Å². The van der Waals surface area contributed by atoms with Gasteiger partial charge in [-0.3, -0.25) is 4.79 Å². The van der Waals surface area contributed by atoms with Gasteiger partial charge in [-0.15, -0.1) is 0 Å². The fourth-order valence-electron chi connectivity index (χ4n) is 9.34. The first-order valence-electron chi connectivity index (χ1n) is 29.8. The van der Waals surface area contributed by atoms with Crippen LogP contribution >= 0.6 is 0 Å². The zero-order valence-electron chi connectivity index (χ0n) is 44.6. The molecule has 4 N–H and O–H groups in total. The Bertz CT molecular complexity index is 1020. The SMILES string of the molecule is CCCCCCCCCCCCCCCC/C=C/CC/C=C/CC/C=C/C(O)C(CO)NC(=O)C(O)CCCCCCCCCCCCCCCCCCCCCCCCCCCCCC. The molecule has 1 amide bonds. The van der Waals surface area contributed by atoms with E-state index in [0.717, 1.165) is 44.9 Å². The summed E-state index contributed by atoms with van der Waals surface area (Å²) in [6.07, 6.45) is 73.8. The van der Waals surface area contributed by atoms with Crippen LogP contribution in [0, 0.1) is 0 Å². The van der Waals surface area contributed by atoms with Gasteiger partial charge in [0.2, 0.25) is 5.91 Å². The summed E-state index contributed by atoms with van der Waals surface area (Å²) in [5.41, 5.74) is 0. The highest BCUT2D eigenvalue weighted by atomic mass is 16.3. The summed E-state index contributed by atoms with van der Waals surface area (Å²) in [7, 11) is 0. The van der Waals surface area contributed by atoms with Crippen LogP contribution in [0.2, 0.25) is 0 Å². The topological polar surface area (TPSA) is 89.8 Å². The van der Waals surface area contributed by atoms with E-state index in [9.17, 15) is 20.1 Å². The molecule has 0 radical (unpaired) electrons. The number of nitrogens with one attached hydrogen (secondary N) is 1. The van der Waals surface area contributed by atoms with Crippen molar-refractivity contribution < 1.29 is 20.1 Å². The number of rotatable bonds is 55. The normalized spacial score (nSPS) is 13.5. The number of amides is 1. The number of allylic oxidation sites excluding steroid dienone is 5. The number of unbranched alkanes of at least 4 members (excludes halogenated alkanes) is 43. The second kappa shape index (κ2) is 56.2. The Morgan fingerprint density at radius 2 is 0.621 bits per heavy atom. The Kier molecular flexibility index (Phi) is 54.9. The van der Waals surface area contributed by atoms with Gasteiger partial charge in [0.25, 0.3) is 0 Å². The molecule has 3 atom stereocenters. The van der Waals surface area contributed by atoms with Gasteiger partial charge >= 0.3 is 0 Å². The van der Waals surface area contributed by atoms with Crippen LogP contribution in [-0.2, 0) is 4.79 Å². The summed E-state index contributed by atoms with van der Waals surface area (Å²) in [5.74, 6) is -0.511. The molecule has 0 aromatic carbocycles. The van der Waals surface area contributed by atoms with Crippen molar-refractivity contribution in [2.75, 3.05) is 6.61 Å². The number of hydrogen-bond acceptors (Lipinski definition) is 4. The molecule has 0 aliphatic rings. The molecule has 0 rings (SSSR count). The molecular weight excluding hydrogens is 811 g/mol. The van der Waals surface area contributed by atoms with E-state index in [1.807, 2.05) is 6.08 Å². The summed E-state index contributed by atoms with van der Waals surface area (Å²) >= 11 is 0. The van der Waals surface area contributed by atoms with Gasteiger partial charge in [0.15, 0.2) is 0 Å². The zero-order valence-corrected chi connectivity index (χ0v) is 44.6. The molecule has 5 heteroatoms. The molecule has 0 aliphatic carbocycles. The van der Waals surface area contributed by atoms with Crippen molar-refractivity contribution in [1.29, 1.82) is 0 Å². The number of hydrogen-bond donors (Lipinski definition) is 4. The molecule has 0 bridgehead atoms. The minimum absolute atomic E-state index is 0.379. The standard InChI is InChI=1S/C61H117NO4/c1-3-5-7-9-11-13-15-17-19-21-23-25-27-29-30-31-32-34-36-38-40-42-44-46-48-50-52-54-56-60(65)61(66)62-58(57-63)59(64)55-53-51-49-47-45-43-41-39-37-35-33-28-26-24-22-20-18-16-14-12-10-8-6-4-2/h37,39,45,47,53,55,58-60,63-65H,3-36,38,40-44,46,48-52,54,56-57H2,1-2H3,(H,62,66)/b39-37+,47-45+,55-53+. The molecule has 0 heterocycles. The molecule has 66 heavy (non-hydrogen) atoms. The Balaban J connectivity index is 3.58. The third kappa shape index (κ3) is 50.4. The van der Waals surface area contributed by atoms with Gasteiger partial charge in [-0.2, -0.15) is 0 Å². The van der Waals surface area contributed by atoms with Gasteiger partial charge < -0.3 is 20.6 Å². The van der Waals surface area contributed by atoms with Crippen molar-refractivity contribution in [3.63, 3.8) is 0 Å². The average molecular weight is 929 g/mol. The van der Waals surface area contributed by atoms with E-state index in [-0.39, 0.29) is 6.61 Å². The summed E-state index contributed by atoms with van der Waals surface area (Å²) < 4.78 is 0. The molecule has 0 aromatic heterocycles. The van der Waals surface area contributed by atoms with Crippen molar-refractivity contribution in [1.82, 2.24) is 5.32 Å². The van der Waals surface area contributed by atoms with Crippen LogP contribution < -0.4 is 5.32 Å². The van der Waals surface area contributed by atoms with Gasteiger partial charge in [0.1, 0.15) is 6.10 Å². The van der Waals surface area contributed by atoms with E-state index >= 15 is 0 Å². The van der Waals surface area contributed by atoms with Gasteiger partial charge in [0, 0.05) is 0 Å². The fourth-order valence-corrected chi connectivity index (χ4v) is 9.34. The van der Waals surface area contributed by atoms with Crippen LogP contribution in [0.3, 0.4) is 0 Å². The van der Waals surface area contributed by atoms with Gasteiger partial charge in [0.05, 0.1) is 18.8 Å². The van der Waals surface area contributed by atoms with Crippen molar-refractivity contribution in [3.8, 4) is 0 Å². The summed E-state index contributed by atoms with van der Waals surface area (Å²) in [6.45, 7) is 4.21. The monoisotopic (exact) mass is 928 g/mol. The van der Waals surface area contributed by atoms with E-state index in [1.165, 1.54) is 257 Å². The zero-order chi connectivity index (χ0) is 47.9. The predicted molar refractivity (Wildman–Crippen MR) is 291 cm³/mol. The third-order valence-corrected chi connectivity index (χ3v) is 14.0. The second-order valence-corrected chi connectivity index (χ2v) is 20.5. The molecule has 3 unspecified atom stereocenters. The van der Waals surface area contributed by atoms with Crippen LogP contribution in [0.4, 0.5) is 0 Å². The van der Waals surface area contributed by atoms with Gasteiger partial charge in [-0.1, -0.05) is 314 Å². The van der Waals surface area contributed by atoms with Crippen molar-refractivity contribution >= 4 is 5.91 Å². The Morgan fingerprint density at radius 3 is 0.924 bits per heavy atom. The first-order valence-corrected chi connectivity index (χ1v) is 29.8. The maximum absolute atomic E-state index is 12.6. The number of carbonyl (C=O) groups excluding carboxylic acids is 1. The fraction of sp³-hybridized carbons (Fsp3) is 0.885. The van der Waals surface area contributed by atoms with Crippen LogP contribution in [0.1, 0.15) is 322 Å². The Hall–Kier alpha value is -1.43. The van der Waals surface area contributed by atoms with E-state index < -0.39 is 24.2 Å². The van der Waals surface area contributed by atoms with Gasteiger partial charge in [-0.25, -0.2) is 0 Å². The predicted octanol–water partition coefficient (Wildman–Crippen LogP) is 18.6. The highest BCUT2D eigenvalue weighted by molar-refractivity contribution is 5.80. The lowest BCUT2D eigenvalue weighted by atomic mass is 10.0. The lowest BCUT2D eigenvalue weighted by Crippen LogP contribution is -2.48. The first kappa shape index (κ1) is 64.6. The molecule has 0 aromatic rings. The highest BCUT2D eigenvalue weighted by Gasteiger charge is 2.22. The van der Waals surface area contributed by atoms with Crippen molar-refractivity contribution in [3.05, 3.63) is 36.5 Å². The van der Waals surface area contributed by atoms with Crippen molar-refractivity contribution in [2.24, 2.45) is 0 Å². The molecular formula is C61H117NO4. The van der Waals surface area contributed by atoms with Gasteiger partial charge in [-0.05, 0) is 44.9 Å². The van der Waals surface area contributed by atoms with Crippen LogP contribution in [-0.4, -0.2) is 46.1 Å². The minimum Gasteiger partial charge on any atom is -0.394 e. The number of carbonyl (C=O) groups is 1. The summed E-state index contributed by atoms with van der Waals surface area (Å²) in [6, 6.07) is -0.820. The maximum Gasteiger partial charge on any atom is 0.249 e. The molecule has 0 saturated carbocycles. The van der Waals surface area contributed by atoms with E-state index in [4.69, 9.17) is 0 Å². The van der Waals surface area contributed by atoms with Crippen LogP contribution in [0.25, 0.3) is 0 Å².